The van der Waals surface area contributed by atoms with E-state index in [1.807, 2.05) is 4.90 Å². The van der Waals surface area contributed by atoms with Crippen LogP contribution in [-0.4, -0.2) is 30.1 Å². The Balaban J connectivity index is 2.46. The van der Waals surface area contributed by atoms with Crippen molar-refractivity contribution in [3.8, 4) is 0 Å². The van der Waals surface area contributed by atoms with E-state index in [1.165, 1.54) is 0 Å². The Hall–Kier alpha value is -0.570. The normalized spacial score (nSPS) is 22.5. The number of amides is 1. The van der Waals surface area contributed by atoms with Crippen LogP contribution < -0.4 is 5.32 Å². The summed E-state index contributed by atoms with van der Waals surface area (Å²) in [6, 6.07) is 0. The molecule has 0 aromatic heterocycles. The van der Waals surface area contributed by atoms with Gasteiger partial charge < -0.3 is 4.90 Å². The van der Waals surface area contributed by atoms with Gasteiger partial charge >= 0.3 is 0 Å². The zero-order valence-electron chi connectivity index (χ0n) is 10.5. The summed E-state index contributed by atoms with van der Waals surface area (Å²) >= 11 is 0. The van der Waals surface area contributed by atoms with Crippen molar-refractivity contribution in [2.75, 3.05) is 13.1 Å². The maximum atomic E-state index is 11.6. The highest BCUT2D eigenvalue weighted by Crippen LogP contribution is 2.21. The van der Waals surface area contributed by atoms with Gasteiger partial charge in [-0.2, -0.15) is 0 Å². The van der Waals surface area contributed by atoms with Crippen molar-refractivity contribution >= 4 is 5.91 Å². The summed E-state index contributed by atoms with van der Waals surface area (Å²) < 4.78 is 0. The van der Waals surface area contributed by atoms with Gasteiger partial charge in [-0.05, 0) is 18.3 Å². The summed E-state index contributed by atoms with van der Waals surface area (Å²) in [5, 5.41) is 3.27. The Morgan fingerprint density at radius 3 is 2.67 bits per heavy atom. The third-order valence-corrected chi connectivity index (χ3v) is 2.85. The Bertz CT molecular complexity index is 220. The minimum atomic E-state index is 0.262. The quantitative estimate of drug-likeness (QED) is 0.773. The molecule has 0 aromatic rings. The first-order valence-corrected chi connectivity index (χ1v) is 5.97. The summed E-state index contributed by atoms with van der Waals surface area (Å²) in [4.78, 5) is 13.6. The fraction of sp³-hybridized carbons (Fsp3) is 0.917. The first kappa shape index (κ1) is 12.5. The summed E-state index contributed by atoms with van der Waals surface area (Å²) in [6.07, 6.45) is 3.54. The molecule has 1 aliphatic heterocycles. The topological polar surface area (TPSA) is 32.3 Å². The van der Waals surface area contributed by atoms with E-state index in [2.05, 4.69) is 33.0 Å². The lowest BCUT2D eigenvalue weighted by molar-refractivity contribution is -0.128. The van der Waals surface area contributed by atoms with E-state index in [-0.39, 0.29) is 12.1 Å². The summed E-state index contributed by atoms with van der Waals surface area (Å²) in [6.45, 7) is 10.2. The van der Waals surface area contributed by atoms with E-state index in [1.54, 1.807) is 0 Å². The maximum absolute atomic E-state index is 11.6. The standard InChI is InChI=1S/C12H24N2O/c1-5-6-10-13-9-11(15)14(10)8-7-12(2,3)4/h10,13H,5-9H2,1-4H3. The highest BCUT2D eigenvalue weighted by atomic mass is 16.2. The second kappa shape index (κ2) is 4.97. The number of hydrogen-bond acceptors (Lipinski definition) is 2. The van der Waals surface area contributed by atoms with Crippen molar-refractivity contribution in [1.82, 2.24) is 10.2 Å². The zero-order chi connectivity index (χ0) is 11.5. The number of carbonyl (C=O) groups is 1. The van der Waals surface area contributed by atoms with Crippen molar-refractivity contribution in [2.45, 2.75) is 53.1 Å². The molecule has 0 radical (unpaired) electrons. The number of hydrogen-bond donors (Lipinski definition) is 1. The molecule has 0 spiro atoms. The molecule has 1 amide bonds. The average Bonchev–Trinajstić information content (AvgIpc) is 2.44. The van der Waals surface area contributed by atoms with Crippen LogP contribution in [0.3, 0.4) is 0 Å². The Morgan fingerprint density at radius 2 is 2.13 bits per heavy atom. The van der Waals surface area contributed by atoms with Gasteiger partial charge in [0, 0.05) is 6.54 Å². The van der Waals surface area contributed by atoms with Gasteiger partial charge in [-0.1, -0.05) is 34.1 Å². The minimum Gasteiger partial charge on any atom is -0.326 e. The molecule has 1 aliphatic rings. The van der Waals surface area contributed by atoms with Gasteiger partial charge in [0.2, 0.25) is 5.91 Å². The third kappa shape index (κ3) is 3.82. The van der Waals surface area contributed by atoms with Crippen molar-refractivity contribution in [1.29, 1.82) is 0 Å². The lowest BCUT2D eigenvalue weighted by Crippen LogP contribution is -2.39. The zero-order valence-corrected chi connectivity index (χ0v) is 10.5. The second-order valence-corrected chi connectivity index (χ2v) is 5.58. The monoisotopic (exact) mass is 212 g/mol. The van der Waals surface area contributed by atoms with E-state index in [9.17, 15) is 4.79 Å². The lowest BCUT2D eigenvalue weighted by Gasteiger charge is -2.27. The van der Waals surface area contributed by atoms with E-state index < -0.39 is 0 Å². The van der Waals surface area contributed by atoms with Crippen molar-refractivity contribution in [3.05, 3.63) is 0 Å². The van der Waals surface area contributed by atoms with Crippen molar-refractivity contribution in [3.63, 3.8) is 0 Å². The van der Waals surface area contributed by atoms with Crippen LogP contribution in [0.1, 0.15) is 47.0 Å². The summed E-state index contributed by atoms with van der Waals surface area (Å²) in [7, 11) is 0. The van der Waals surface area contributed by atoms with Gasteiger partial charge in [-0.15, -0.1) is 0 Å². The fourth-order valence-corrected chi connectivity index (χ4v) is 1.86. The highest BCUT2D eigenvalue weighted by molar-refractivity contribution is 5.80. The molecule has 0 aliphatic carbocycles. The van der Waals surface area contributed by atoms with Crippen molar-refractivity contribution < 1.29 is 4.79 Å². The fourth-order valence-electron chi connectivity index (χ4n) is 1.86. The van der Waals surface area contributed by atoms with E-state index >= 15 is 0 Å². The van der Waals surface area contributed by atoms with Gasteiger partial charge in [0.1, 0.15) is 0 Å². The van der Waals surface area contributed by atoms with Crippen LogP contribution in [0, 0.1) is 5.41 Å². The number of rotatable bonds is 4. The number of nitrogens with one attached hydrogen (secondary N) is 1. The molecular weight excluding hydrogens is 188 g/mol. The van der Waals surface area contributed by atoms with Crippen molar-refractivity contribution in [2.24, 2.45) is 5.41 Å². The van der Waals surface area contributed by atoms with Crippen LogP contribution >= 0.6 is 0 Å². The number of nitrogens with zero attached hydrogens (tertiary/aromatic N) is 1. The molecule has 3 nitrogen and oxygen atoms in total. The Kier molecular flexibility index (Phi) is 4.14. The largest absolute Gasteiger partial charge is 0.326 e. The second-order valence-electron chi connectivity index (χ2n) is 5.58. The lowest BCUT2D eigenvalue weighted by atomic mass is 9.92. The first-order valence-electron chi connectivity index (χ1n) is 5.97. The molecule has 1 rings (SSSR count). The van der Waals surface area contributed by atoms with Gasteiger partial charge in [-0.25, -0.2) is 0 Å². The Labute approximate surface area is 93.2 Å². The van der Waals surface area contributed by atoms with E-state index in [0.29, 0.717) is 12.0 Å². The molecule has 1 heterocycles. The molecule has 1 saturated heterocycles. The predicted octanol–water partition coefficient (Wildman–Crippen LogP) is 1.98. The van der Waals surface area contributed by atoms with Crippen LogP contribution in [-0.2, 0) is 4.79 Å². The average molecular weight is 212 g/mol. The van der Waals surface area contributed by atoms with E-state index in [4.69, 9.17) is 0 Å². The van der Waals surface area contributed by atoms with Crippen LogP contribution in [0.15, 0.2) is 0 Å². The highest BCUT2D eigenvalue weighted by Gasteiger charge is 2.29. The minimum absolute atomic E-state index is 0.262. The number of carbonyl (C=O) groups excluding carboxylic acids is 1. The molecule has 0 saturated carbocycles. The molecule has 1 atom stereocenters. The van der Waals surface area contributed by atoms with E-state index in [0.717, 1.165) is 25.8 Å². The van der Waals surface area contributed by atoms with Crippen LogP contribution in [0.4, 0.5) is 0 Å². The molecule has 0 bridgehead atoms. The molecule has 88 valence electrons. The summed E-state index contributed by atoms with van der Waals surface area (Å²) in [5.74, 6) is 0.262. The molecule has 1 unspecified atom stereocenters. The van der Waals surface area contributed by atoms with Gasteiger partial charge in [0.25, 0.3) is 0 Å². The SMILES string of the molecule is CCCC1NCC(=O)N1CCC(C)(C)C. The molecule has 3 heteroatoms. The smallest absolute Gasteiger partial charge is 0.237 e. The molecule has 0 aromatic carbocycles. The maximum Gasteiger partial charge on any atom is 0.237 e. The predicted molar refractivity (Wildman–Crippen MR) is 62.5 cm³/mol. The third-order valence-electron chi connectivity index (χ3n) is 2.85. The van der Waals surface area contributed by atoms with Crippen LogP contribution in [0.25, 0.3) is 0 Å². The van der Waals surface area contributed by atoms with Crippen LogP contribution in [0.2, 0.25) is 0 Å². The molecule has 1 N–H and O–H groups in total. The van der Waals surface area contributed by atoms with Gasteiger partial charge in [-0.3, -0.25) is 10.1 Å². The molecule has 15 heavy (non-hydrogen) atoms. The van der Waals surface area contributed by atoms with Gasteiger partial charge in [0.15, 0.2) is 0 Å². The van der Waals surface area contributed by atoms with Gasteiger partial charge in [0.05, 0.1) is 12.7 Å². The Morgan fingerprint density at radius 1 is 1.47 bits per heavy atom. The molecular formula is C12H24N2O. The first-order chi connectivity index (χ1) is 6.94. The van der Waals surface area contributed by atoms with Crippen LogP contribution in [0.5, 0.6) is 0 Å². The molecule has 1 fully saturated rings. The summed E-state index contributed by atoms with van der Waals surface area (Å²) in [5.41, 5.74) is 0.305.